The summed E-state index contributed by atoms with van der Waals surface area (Å²) in [5, 5.41) is 1.13. The summed E-state index contributed by atoms with van der Waals surface area (Å²) in [5.74, 6) is 0.415. The molecule has 5 aromatic rings. The molecule has 3 aromatic heterocycles. The van der Waals surface area contributed by atoms with Gasteiger partial charge in [-0.25, -0.2) is 9.97 Å². The van der Waals surface area contributed by atoms with Gasteiger partial charge in [-0.3, -0.25) is 18.6 Å². The van der Waals surface area contributed by atoms with E-state index in [1.165, 1.54) is 17.3 Å². The number of aromatic nitrogens is 4. The lowest BCUT2D eigenvalue weighted by atomic mass is 10.1. The van der Waals surface area contributed by atoms with Gasteiger partial charge in [-0.05, 0) is 54.8 Å². The summed E-state index contributed by atoms with van der Waals surface area (Å²) in [5.41, 5.74) is 4.58. The molecule has 0 amide bonds. The number of para-hydroxylation sites is 1. The second-order valence-corrected chi connectivity index (χ2v) is 8.77. The molecule has 33 heavy (non-hydrogen) atoms. The molecule has 5 rings (SSSR count). The van der Waals surface area contributed by atoms with Crippen molar-refractivity contribution in [1.82, 2.24) is 18.9 Å². The molecule has 0 atom stereocenters. The predicted molar refractivity (Wildman–Crippen MR) is 132 cm³/mol. The number of rotatable bonds is 5. The molecule has 0 fully saturated rings. The summed E-state index contributed by atoms with van der Waals surface area (Å²) in [6, 6.07) is 20.6. The van der Waals surface area contributed by atoms with Crippen molar-refractivity contribution in [3.05, 3.63) is 110 Å². The molecule has 2 aromatic carbocycles. The van der Waals surface area contributed by atoms with Crippen LogP contribution in [0.3, 0.4) is 0 Å². The van der Waals surface area contributed by atoms with Gasteiger partial charge in [-0.15, -0.1) is 0 Å². The van der Waals surface area contributed by atoms with E-state index in [-0.39, 0.29) is 11.1 Å². The van der Waals surface area contributed by atoms with Crippen LogP contribution in [0.5, 0.6) is 0 Å². The second-order valence-electron chi connectivity index (χ2n) is 7.83. The Balaban J connectivity index is 1.60. The number of aryl methyl sites for hydroxylation is 2. The zero-order chi connectivity index (χ0) is 22.9. The van der Waals surface area contributed by atoms with Crippen LogP contribution in [0.2, 0.25) is 0 Å². The van der Waals surface area contributed by atoms with Gasteiger partial charge in [-0.1, -0.05) is 49.0 Å². The number of hydrogen-bond donors (Lipinski definition) is 0. The molecule has 0 unspecified atom stereocenters. The monoisotopic (exact) mass is 454 g/mol. The highest BCUT2D eigenvalue weighted by Gasteiger charge is 2.14. The van der Waals surface area contributed by atoms with E-state index in [0.29, 0.717) is 33.2 Å². The largest absolute Gasteiger partial charge is 0.269 e. The van der Waals surface area contributed by atoms with Gasteiger partial charge in [0.05, 0.1) is 22.3 Å². The first-order chi connectivity index (χ1) is 16.0. The zero-order valence-corrected chi connectivity index (χ0v) is 19.2. The Morgan fingerprint density at radius 1 is 0.939 bits per heavy atom. The van der Waals surface area contributed by atoms with Crippen molar-refractivity contribution in [3.8, 4) is 5.69 Å². The lowest BCUT2D eigenvalue weighted by Gasteiger charge is -2.14. The minimum Gasteiger partial charge on any atom is -0.269 e. The van der Waals surface area contributed by atoms with Crippen molar-refractivity contribution < 1.29 is 0 Å². The molecule has 0 N–H and O–H groups in total. The van der Waals surface area contributed by atoms with Crippen molar-refractivity contribution in [2.75, 3.05) is 0 Å². The highest BCUT2D eigenvalue weighted by Crippen LogP contribution is 2.24. The third-order valence-electron chi connectivity index (χ3n) is 5.64. The van der Waals surface area contributed by atoms with Gasteiger partial charge in [0, 0.05) is 18.0 Å². The number of thioether (sulfide) groups is 1. The number of hydrogen-bond acceptors (Lipinski definition) is 5. The highest BCUT2D eigenvalue weighted by atomic mass is 32.2. The fraction of sp³-hybridized carbons (Fsp3) is 0.154. The molecule has 0 aliphatic rings. The average Bonchev–Trinajstić information content (AvgIpc) is 2.84. The zero-order valence-electron chi connectivity index (χ0n) is 18.4. The number of fused-ring (bicyclic) bond motifs is 2. The van der Waals surface area contributed by atoms with Crippen LogP contribution in [-0.4, -0.2) is 18.9 Å². The van der Waals surface area contributed by atoms with Crippen LogP contribution in [0.1, 0.15) is 23.7 Å². The van der Waals surface area contributed by atoms with E-state index in [4.69, 9.17) is 4.98 Å². The summed E-state index contributed by atoms with van der Waals surface area (Å²) < 4.78 is 3.19. The number of pyridine rings is 1. The molecule has 0 spiro atoms. The van der Waals surface area contributed by atoms with E-state index in [2.05, 4.69) is 11.9 Å². The van der Waals surface area contributed by atoms with Crippen molar-refractivity contribution in [2.24, 2.45) is 0 Å². The van der Waals surface area contributed by atoms with Crippen molar-refractivity contribution in [3.63, 3.8) is 0 Å². The van der Waals surface area contributed by atoms with E-state index in [1.54, 1.807) is 27.3 Å². The van der Waals surface area contributed by atoms with E-state index in [1.807, 2.05) is 61.5 Å². The third kappa shape index (κ3) is 3.96. The third-order valence-corrected chi connectivity index (χ3v) is 6.61. The summed E-state index contributed by atoms with van der Waals surface area (Å²) in [6.07, 6.45) is 2.65. The Morgan fingerprint density at radius 3 is 2.52 bits per heavy atom. The molecule has 7 heteroatoms. The lowest BCUT2D eigenvalue weighted by Crippen LogP contribution is -2.22. The summed E-state index contributed by atoms with van der Waals surface area (Å²) >= 11 is 1.40. The number of nitrogens with zero attached hydrogens (tertiary/aromatic N) is 4. The summed E-state index contributed by atoms with van der Waals surface area (Å²) in [6.45, 7) is 4.03. The summed E-state index contributed by atoms with van der Waals surface area (Å²) in [7, 11) is 0. The van der Waals surface area contributed by atoms with Gasteiger partial charge in [0.25, 0.3) is 11.1 Å². The molecule has 6 nitrogen and oxygen atoms in total. The first-order valence-corrected chi connectivity index (χ1v) is 11.8. The molecular formula is C26H22N4O2S. The SMILES string of the molecule is CCc1ccc(-n2c(SCc3cc(=O)n4cccc(C)c4n3)nc3ccccc3c2=O)cc1. The Kier molecular flexibility index (Phi) is 5.56. The maximum atomic E-state index is 13.4. The van der Waals surface area contributed by atoms with Gasteiger partial charge in [0.2, 0.25) is 0 Å². The maximum absolute atomic E-state index is 13.4. The first-order valence-electron chi connectivity index (χ1n) is 10.8. The molecule has 164 valence electrons. The molecule has 0 aliphatic heterocycles. The number of benzene rings is 2. The Labute approximate surface area is 194 Å². The molecule has 3 heterocycles. The molecule has 0 aliphatic carbocycles. The van der Waals surface area contributed by atoms with Gasteiger partial charge in [0.15, 0.2) is 5.16 Å². The fourth-order valence-corrected chi connectivity index (χ4v) is 4.74. The van der Waals surface area contributed by atoms with Gasteiger partial charge in [-0.2, -0.15) is 0 Å². The molecule has 0 saturated heterocycles. The van der Waals surface area contributed by atoms with Gasteiger partial charge >= 0.3 is 0 Å². The maximum Gasteiger partial charge on any atom is 0.266 e. The normalized spacial score (nSPS) is 11.3. The lowest BCUT2D eigenvalue weighted by molar-refractivity contribution is 0.818. The van der Waals surface area contributed by atoms with Crippen molar-refractivity contribution >= 4 is 28.3 Å². The molecule has 0 radical (unpaired) electrons. The van der Waals surface area contributed by atoms with Gasteiger partial charge in [0.1, 0.15) is 5.65 Å². The topological polar surface area (TPSA) is 69.3 Å². The smallest absolute Gasteiger partial charge is 0.266 e. The van der Waals surface area contributed by atoms with E-state index in [0.717, 1.165) is 17.7 Å². The van der Waals surface area contributed by atoms with E-state index >= 15 is 0 Å². The minimum atomic E-state index is -0.127. The van der Waals surface area contributed by atoms with Crippen molar-refractivity contribution in [1.29, 1.82) is 0 Å². The first kappa shape index (κ1) is 21.2. The van der Waals surface area contributed by atoms with Crippen molar-refractivity contribution in [2.45, 2.75) is 31.2 Å². The molecule has 0 saturated carbocycles. The van der Waals surface area contributed by atoms with Gasteiger partial charge < -0.3 is 0 Å². The van der Waals surface area contributed by atoms with Crippen LogP contribution in [0.4, 0.5) is 0 Å². The standard InChI is InChI=1S/C26H22N4O2S/c1-3-18-10-12-20(13-11-18)30-25(32)21-8-4-5-9-22(21)28-26(30)33-16-19-15-23(31)29-14-6-7-17(2)24(29)27-19/h4-15H,3,16H2,1-2H3. The van der Waals surface area contributed by atoms with Crippen LogP contribution < -0.4 is 11.1 Å². The fourth-order valence-electron chi connectivity index (χ4n) is 3.84. The van der Waals surface area contributed by atoms with E-state index < -0.39 is 0 Å². The quantitative estimate of drug-likeness (QED) is 0.288. The summed E-state index contributed by atoms with van der Waals surface area (Å²) in [4.78, 5) is 35.5. The average molecular weight is 455 g/mol. The molecule has 0 bridgehead atoms. The Morgan fingerprint density at radius 2 is 1.73 bits per heavy atom. The Bertz CT molecular complexity index is 1600. The molecular weight excluding hydrogens is 432 g/mol. The Hall–Kier alpha value is -3.71. The highest BCUT2D eigenvalue weighted by molar-refractivity contribution is 7.98. The van der Waals surface area contributed by atoms with Crippen LogP contribution in [0.15, 0.2) is 87.7 Å². The second kappa shape index (κ2) is 8.67. The van der Waals surface area contributed by atoms with Crippen LogP contribution in [-0.2, 0) is 12.2 Å². The van der Waals surface area contributed by atoms with E-state index in [9.17, 15) is 9.59 Å². The van der Waals surface area contributed by atoms with Crippen LogP contribution in [0.25, 0.3) is 22.2 Å². The van der Waals surface area contributed by atoms with Crippen LogP contribution in [0, 0.1) is 6.92 Å². The minimum absolute atomic E-state index is 0.116. The predicted octanol–water partition coefficient (Wildman–Crippen LogP) is 4.56. The van der Waals surface area contributed by atoms with Crippen LogP contribution >= 0.6 is 11.8 Å².